The van der Waals surface area contributed by atoms with Crippen LogP contribution < -0.4 is 5.32 Å². The smallest absolute Gasteiger partial charge is 0.0775 e. The Morgan fingerprint density at radius 3 is 2.12 bits per heavy atom. The normalized spacial score (nSPS) is 16.1. The summed E-state index contributed by atoms with van der Waals surface area (Å²) in [6.45, 7) is 16.3. The standard InChI is InChI=1S/C14H31NO/c1-7-10-15-12-14(6,8-2)16-11-9-13(3,4)5/h15H,7-12H2,1-6H3. The molecule has 2 heteroatoms. The molecule has 98 valence electrons. The third-order valence-corrected chi connectivity index (χ3v) is 2.98. The quantitative estimate of drug-likeness (QED) is 0.642. The summed E-state index contributed by atoms with van der Waals surface area (Å²) in [4.78, 5) is 0. The van der Waals surface area contributed by atoms with Gasteiger partial charge in [-0.3, -0.25) is 0 Å². The number of nitrogens with one attached hydrogen (secondary N) is 1. The maximum atomic E-state index is 6.04. The molecule has 1 atom stereocenters. The van der Waals surface area contributed by atoms with Crippen LogP contribution in [0.25, 0.3) is 0 Å². The molecule has 0 fully saturated rings. The maximum Gasteiger partial charge on any atom is 0.0775 e. The molecule has 2 nitrogen and oxygen atoms in total. The van der Waals surface area contributed by atoms with Crippen LogP contribution in [-0.4, -0.2) is 25.3 Å². The van der Waals surface area contributed by atoms with Gasteiger partial charge in [-0.25, -0.2) is 0 Å². The lowest BCUT2D eigenvalue weighted by molar-refractivity contribution is -0.0419. The van der Waals surface area contributed by atoms with Gasteiger partial charge in [0.05, 0.1) is 5.60 Å². The zero-order chi connectivity index (χ0) is 12.7. The van der Waals surface area contributed by atoms with Crippen LogP contribution in [0.4, 0.5) is 0 Å². The molecule has 16 heavy (non-hydrogen) atoms. The van der Waals surface area contributed by atoms with Crippen molar-refractivity contribution in [2.45, 2.75) is 66.4 Å². The van der Waals surface area contributed by atoms with Crippen LogP contribution in [0, 0.1) is 5.41 Å². The van der Waals surface area contributed by atoms with E-state index in [1.54, 1.807) is 0 Å². The highest BCUT2D eigenvalue weighted by Crippen LogP contribution is 2.21. The summed E-state index contributed by atoms with van der Waals surface area (Å²) in [6, 6.07) is 0. The van der Waals surface area contributed by atoms with E-state index in [2.05, 4.69) is 46.9 Å². The first-order valence-corrected chi connectivity index (χ1v) is 6.67. The highest BCUT2D eigenvalue weighted by Gasteiger charge is 2.23. The molecule has 0 radical (unpaired) electrons. The molecule has 0 aliphatic carbocycles. The van der Waals surface area contributed by atoms with E-state index >= 15 is 0 Å². The van der Waals surface area contributed by atoms with Gasteiger partial charge < -0.3 is 10.1 Å². The average molecular weight is 229 g/mol. The molecule has 0 aromatic heterocycles. The van der Waals surface area contributed by atoms with Gasteiger partial charge in [0.25, 0.3) is 0 Å². The minimum Gasteiger partial charge on any atom is -0.374 e. The van der Waals surface area contributed by atoms with Gasteiger partial charge in [0, 0.05) is 13.2 Å². The summed E-state index contributed by atoms with van der Waals surface area (Å²) in [5.74, 6) is 0. The molecule has 0 aliphatic heterocycles. The highest BCUT2D eigenvalue weighted by atomic mass is 16.5. The summed E-state index contributed by atoms with van der Waals surface area (Å²) in [6.07, 6.45) is 3.37. The van der Waals surface area contributed by atoms with Gasteiger partial charge in [-0.05, 0) is 38.1 Å². The first-order valence-electron chi connectivity index (χ1n) is 6.67. The van der Waals surface area contributed by atoms with E-state index in [1.165, 1.54) is 6.42 Å². The van der Waals surface area contributed by atoms with Gasteiger partial charge in [-0.1, -0.05) is 34.6 Å². The second kappa shape index (κ2) is 7.29. The lowest BCUT2D eigenvalue weighted by atomic mass is 9.93. The molecule has 0 aromatic carbocycles. The summed E-state index contributed by atoms with van der Waals surface area (Å²) >= 11 is 0. The van der Waals surface area contributed by atoms with Gasteiger partial charge in [-0.2, -0.15) is 0 Å². The van der Waals surface area contributed by atoms with Crippen molar-refractivity contribution in [3.63, 3.8) is 0 Å². The lowest BCUT2D eigenvalue weighted by Gasteiger charge is -2.30. The summed E-state index contributed by atoms with van der Waals surface area (Å²) in [5.41, 5.74) is 0.367. The lowest BCUT2D eigenvalue weighted by Crippen LogP contribution is -2.40. The molecule has 0 amide bonds. The third-order valence-electron chi connectivity index (χ3n) is 2.98. The number of rotatable bonds is 8. The van der Waals surface area contributed by atoms with Crippen LogP contribution in [0.3, 0.4) is 0 Å². The predicted molar refractivity (Wildman–Crippen MR) is 71.9 cm³/mol. The zero-order valence-corrected chi connectivity index (χ0v) is 12.2. The predicted octanol–water partition coefficient (Wildman–Crippen LogP) is 3.61. The Hall–Kier alpha value is -0.0800. The molecule has 1 unspecified atom stereocenters. The Morgan fingerprint density at radius 2 is 1.69 bits per heavy atom. The molecular formula is C14H31NO. The van der Waals surface area contributed by atoms with Crippen LogP contribution >= 0.6 is 0 Å². The van der Waals surface area contributed by atoms with Gasteiger partial charge in [0.2, 0.25) is 0 Å². The fraction of sp³-hybridized carbons (Fsp3) is 1.00. The first kappa shape index (κ1) is 15.9. The largest absolute Gasteiger partial charge is 0.374 e. The zero-order valence-electron chi connectivity index (χ0n) is 12.2. The van der Waals surface area contributed by atoms with Crippen molar-refractivity contribution in [1.29, 1.82) is 0 Å². The molecule has 1 N–H and O–H groups in total. The SMILES string of the molecule is CCCNCC(C)(CC)OCCC(C)(C)C. The van der Waals surface area contributed by atoms with Crippen molar-refractivity contribution in [1.82, 2.24) is 5.32 Å². The molecule has 0 saturated carbocycles. The van der Waals surface area contributed by atoms with Crippen molar-refractivity contribution in [2.75, 3.05) is 19.7 Å². The van der Waals surface area contributed by atoms with Crippen LogP contribution in [-0.2, 0) is 4.74 Å². The number of hydrogen-bond acceptors (Lipinski definition) is 2. The van der Waals surface area contributed by atoms with Gasteiger partial charge in [0.15, 0.2) is 0 Å². The van der Waals surface area contributed by atoms with Crippen LogP contribution in [0.1, 0.15) is 60.8 Å². The molecule has 0 aliphatic rings. The van der Waals surface area contributed by atoms with Gasteiger partial charge >= 0.3 is 0 Å². The van der Waals surface area contributed by atoms with E-state index in [0.717, 1.165) is 32.5 Å². The monoisotopic (exact) mass is 229 g/mol. The summed E-state index contributed by atoms with van der Waals surface area (Å²) in [7, 11) is 0. The topological polar surface area (TPSA) is 21.3 Å². The molecule has 0 heterocycles. The third kappa shape index (κ3) is 8.12. The van der Waals surface area contributed by atoms with Crippen molar-refractivity contribution in [2.24, 2.45) is 5.41 Å². The van der Waals surface area contributed by atoms with E-state index < -0.39 is 0 Å². The van der Waals surface area contributed by atoms with E-state index in [1.807, 2.05) is 0 Å². The summed E-state index contributed by atoms with van der Waals surface area (Å²) in [5, 5.41) is 3.45. The molecule has 0 saturated heterocycles. The Kier molecular flexibility index (Phi) is 7.25. The minimum absolute atomic E-state index is 0.000417. The van der Waals surface area contributed by atoms with Crippen LogP contribution in [0.2, 0.25) is 0 Å². The van der Waals surface area contributed by atoms with Crippen molar-refractivity contribution in [3.8, 4) is 0 Å². The van der Waals surface area contributed by atoms with Crippen LogP contribution in [0.5, 0.6) is 0 Å². The van der Waals surface area contributed by atoms with E-state index in [-0.39, 0.29) is 5.60 Å². The number of hydrogen-bond donors (Lipinski definition) is 1. The minimum atomic E-state index is 0.000417. The fourth-order valence-electron chi connectivity index (χ4n) is 1.41. The van der Waals surface area contributed by atoms with E-state index in [9.17, 15) is 0 Å². The van der Waals surface area contributed by atoms with Gasteiger partial charge in [0.1, 0.15) is 0 Å². The second-order valence-electron chi connectivity index (χ2n) is 6.14. The summed E-state index contributed by atoms with van der Waals surface area (Å²) < 4.78 is 6.04. The van der Waals surface area contributed by atoms with Crippen LogP contribution in [0.15, 0.2) is 0 Å². The Morgan fingerprint density at radius 1 is 1.06 bits per heavy atom. The molecule has 0 bridgehead atoms. The van der Waals surface area contributed by atoms with E-state index in [4.69, 9.17) is 4.74 Å². The van der Waals surface area contributed by atoms with Crippen molar-refractivity contribution in [3.05, 3.63) is 0 Å². The molecule has 0 aromatic rings. The van der Waals surface area contributed by atoms with Gasteiger partial charge in [-0.15, -0.1) is 0 Å². The van der Waals surface area contributed by atoms with E-state index in [0.29, 0.717) is 5.41 Å². The molecule has 0 rings (SSSR count). The van der Waals surface area contributed by atoms with Crippen molar-refractivity contribution >= 4 is 0 Å². The molecule has 0 spiro atoms. The number of ether oxygens (including phenoxy) is 1. The fourth-order valence-corrected chi connectivity index (χ4v) is 1.41. The Labute approximate surface area is 102 Å². The Balaban J connectivity index is 3.87. The first-order chi connectivity index (χ1) is 7.33. The van der Waals surface area contributed by atoms with Crippen molar-refractivity contribution < 1.29 is 4.74 Å². The molecular weight excluding hydrogens is 198 g/mol. The maximum absolute atomic E-state index is 6.04. The Bertz CT molecular complexity index is 174. The average Bonchev–Trinajstić information content (AvgIpc) is 2.16. The highest BCUT2D eigenvalue weighted by molar-refractivity contribution is 4.76. The second-order valence-corrected chi connectivity index (χ2v) is 6.14.